The summed E-state index contributed by atoms with van der Waals surface area (Å²) in [5.74, 6) is 0.952. The Kier molecular flexibility index (Phi) is 21.5. The maximum atomic E-state index is 2.59. The highest BCUT2D eigenvalue weighted by molar-refractivity contribution is 5.18. The molecule has 6 aliphatic rings. The van der Waals surface area contributed by atoms with Crippen LogP contribution in [0.15, 0.2) is 46.6 Å². The Hall–Kier alpha value is -1.08. The molecular formula is C60H111N. The van der Waals surface area contributed by atoms with E-state index in [0.29, 0.717) is 38.0 Å². The van der Waals surface area contributed by atoms with Crippen molar-refractivity contribution in [3.05, 3.63) is 46.6 Å². The molecule has 1 aliphatic heterocycles. The number of piperidine rings is 1. The van der Waals surface area contributed by atoms with Crippen LogP contribution < -0.4 is 0 Å². The molecule has 6 rings (SSSR count). The van der Waals surface area contributed by atoms with Gasteiger partial charge >= 0.3 is 0 Å². The Bertz CT molecular complexity index is 1350. The molecule has 2 fully saturated rings. The van der Waals surface area contributed by atoms with Crippen LogP contribution in [0.25, 0.3) is 0 Å². The minimum Gasteiger partial charge on any atom is -0.298 e. The highest BCUT2D eigenvalue weighted by Gasteiger charge is 2.36. The third-order valence-corrected chi connectivity index (χ3v) is 16.4. The van der Waals surface area contributed by atoms with Crippen LogP contribution in [0.2, 0.25) is 0 Å². The van der Waals surface area contributed by atoms with Gasteiger partial charge in [0.15, 0.2) is 0 Å². The minimum atomic E-state index is 0.389. The first-order valence-corrected chi connectivity index (χ1v) is 26.4. The predicted octanol–water partition coefficient (Wildman–Crippen LogP) is 19.9. The molecule has 0 amide bonds. The molecule has 61 heavy (non-hydrogen) atoms. The second-order valence-electron chi connectivity index (χ2n) is 27.2. The summed E-state index contributed by atoms with van der Waals surface area (Å²) in [5.41, 5.74) is 10.7. The van der Waals surface area contributed by atoms with Crippen molar-refractivity contribution in [2.45, 2.75) is 279 Å². The smallest absolute Gasteiger partial charge is 0.0125 e. The van der Waals surface area contributed by atoms with E-state index in [0.717, 1.165) is 11.3 Å². The second kappa shape index (κ2) is 23.4. The maximum absolute atomic E-state index is 2.59. The highest BCUT2D eigenvalue weighted by atomic mass is 15.2. The molecule has 5 aliphatic carbocycles. The normalized spacial score (nSPS) is 23.5. The molecule has 1 heteroatoms. The summed E-state index contributed by atoms with van der Waals surface area (Å²) in [6.45, 7) is 49.2. The van der Waals surface area contributed by atoms with Gasteiger partial charge in [-0.15, -0.1) is 0 Å². The predicted molar refractivity (Wildman–Crippen MR) is 278 cm³/mol. The topological polar surface area (TPSA) is 3.24 Å². The van der Waals surface area contributed by atoms with E-state index in [1.54, 1.807) is 22.3 Å². The maximum Gasteiger partial charge on any atom is 0.0125 e. The molecule has 0 aromatic carbocycles. The minimum absolute atomic E-state index is 0.389. The fourth-order valence-electron chi connectivity index (χ4n) is 10.7. The summed E-state index contributed by atoms with van der Waals surface area (Å²) in [4.78, 5) is 2.59. The van der Waals surface area contributed by atoms with Crippen molar-refractivity contribution in [1.82, 2.24) is 4.90 Å². The number of allylic oxidation sites excluding steroid dienone is 8. The first kappa shape index (κ1) is 56.1. The number of likely N-dealkylation sites (tertiary alicyclic amines) is 1. The first-order chi connectivity index (χ1) is 27.9. The Labute approximate surface area is 385 Å². The van der Waals surface area contributed by atoms with E-state index in [4.69, 9.17) is 0 Å². The third-order valence-electron chi connectivity index (χ3n) is 16.4. The lowest BCUT2D eigenvalue weighted by Gasteiger charge is -2.40. The van der Waals surface area contributed by atoms with Gasteiger partial charge in [-0.2, -0.15) is 0 Å². The molecule has 0 aromatic heterocycles. The van der Waals surface area contributed by atoms with Crippen molar-refractivity contribution < 1.29 is 0 Å². The van der Waals surface area contributed by atoms with Crippen molar-refractivity contribution in [2.75, 3.05) is 13.1 Å². The fraction of sp³-hybridized carbons (Fsp3) is 0.867. The molecule has 0 aromatic rings. The molecule has 0 atom stereocenters. The molecule has 1 nitrogen and oxygen atoms in total. The molecular weight excluding hydrogens is 735 g/mol. The molecule has 0 bridgehead atoms. The van der Waals surface area contributed by atoms with Gasteiger partial charge in [-0.05, 0) is 187 Å². The zero-order chi connectivity index (χ0) is 46.6. The Balaban J connectivity index is 0.000000264. The van der Waals surface area contributed by atoms with Gasteiger partial charge in [-0.25, -0.2) is 0 Å². The fourth-order valence-corrected chi connectivity index (χ4v) is 10.7. The summed E-state index contributed by atoms with van der Waals surface area (Å²) < 4.78 is 0. The van der Waals surface area contributed by atoms with Crippen LogP contribution >= 0.6 is 0 Å². The lowest BCUT2D eigenvalue weighted by molar-refractivity contribution is 0.0916. The molecule has 1 saturated heterocycles. The van der Waals surface area contributed by atoms with E-state index in [1.165, 1.54) is 148 Å². The van der Waals surface area contributed by atoms with Crippen LogP contribution in [0.1, 0.15) is 273 Å². The van der Waals surface area contributed by atoms with Gasteiger partial charge in [0.2, 0.25) is 0 Å². The number of hydrogen-bond acceptors (Lipinski definition) is 1. The van der Waals surface area contributed by atoms with Crippen LogP contribution in [0, 0.1) is 43.8 Å². The molecule has 0 unspecified atom stereocenters. The van der Waals surface area contributed by atoms with Crippen LogP contribution in [0.4, 0.5) is 0 Å². The van der Waals surface area contributed by atoms with Crippen molar-refractivity contribution >= 4 is 0 Å². The van der Waals surface area contributed by atoms with E-state index in [2.05, 4.69) is 168 Å². The summed E-state index contributed by atoms with van der Waals surface area (Å²) >= 11 is 0. The van der Waals surface area contributed by atoms with Crippen molar-refractivity contribution in [2.24, 2.45) is 43.8 Å². The Morgan fingerprint density at radius 1 is 0.492 bits per heavy atom. The van der Waals surface area contributed by atoms with E-state index in [1.807, 2.05) is 0 Å². The van der Waals surface area contributed by atoms with Crippen LogP contribution in [0.3, 0.4) is 0 Å². The number of rotatable bonds is 2. The van der Waals surface area contributed by atoms with Gasteiger partial charge in [-0.1, -0.05) is 190 Å². The van der Waals surface area contributed by atoms with E-state index < -0.39 is 0 Å². The molecule has 0 N–H and O–H groups in total. The zero-order valence-electron chi connectivity index (χ0n) is 45.6. The van der Waals surface area contributed by atoms with Crippen molar-refractivity contribution in [1.29, 1.82) is 0 Å². The van der Waals surface area contributed by atoms with Crippen molar-refractivity contribution in [3.63, 3.8) is 0 Å². The van der Waals surface area contributed by atoms with Crippen LogP contribution in [0.5, 0.6) is 0 Å². The molecule has 1 spiro atoms. The summed E-state index contributed by atoms with van der Waals surface area (Å²) in [7, 11) is 0. The first-order valence-electron chi connectivity index (χ1n) is 26.4. The average molecular weight is 847 g/mol. The summed E-state index contributed by atoms with van der Waals surface area (Å²) in [5, 5.41) is 0. The Morgan fingerprint density at radius 3 is 1.23 bits per heavy atom. The summed E-state index contributed by atoms with van der Waals surface area (Å²) in [6.07, 6.45) is 39.0. The lowest BCUT2D eigenvalue weighted by atomic mass is 9.68. The standard InChI is InChI=1S/C14H24.C14H26.C12H22.C10H21N.C10H18/c1-13(2,3)12-6-10-14(11-7-12)8-4-5-9-14;1-6-14(7-2)10-8-12(9-11-14)13(3,4)5;1-11(2,3)10-6-8-12(4,5)9-7-10;1-9-5-7-11(8-6-9)10(2,3)4;1-10(2,3)9-7-5-4-6-8-9/h6H,4-5,7-11H2,1-3H3;8H,6-7,9-11H2,1-5H3;6H,7-9H2,1-5H3;9H,5-8H2,1-4H3;7H,4-6,8H2,1-3H3. The summed E-state index contributed by atoms with van der Waals surface area (Å²) in [6, 6.07) is 0. The van der Waals surface area contributed by atoms with Crippen molar-refractivity contribution in [3.8, 4) is 0 Å². The SMILES string of the molecule is CC(C)(C)C1=CCC2(CCCC2)CC1.CC(C)(C)C1=CCCCC1.CC1(C)CC=C(C(C)(C)C)CC1.CC1CCN(C(C)(C)C)CC1.CCC1(CC)CC=C(C(C)(C)C)CC1. The van der Waals surface area contributed by atoms with Gasteiger partial charge in [0, 0.05) is 5.54 Å². The van der Waals surface area contributed by atoms with Gasteiger partial charge in [0.05, 0.1) is 0 Å². The zero-order valence-corrected chi connectivity index (χ0v) is 45.6. The monoisotopic (exact) mass is 846 g/mol. The molecule has 356 valence electrons. The molecule has 1 heterocycles. The number of nitrogens with zero attached hydrogens (tertiary/aromatic N) is 1. The van der Waals surface area contributed by atoms with Gasteiger partial charge < -0.3 is 0 Å². The van der Waals surface area contributed by atoms with Gasteiger partial charge in [0.1, 0.15) is 0 Å². The quantitative estimate of drug-likeness (QED) is 0.250. The van der Waals surface area contributed by atoms with Crippen LogP contribution in [-0.2, 0) is 0 Å². The average Bonchev–Trinajstić information content (AvgIpc) is 3.62. The Morgan fingerprint density at radius 2 is 0.918 bits per heavy atom. The third kappa shape index (κ3) is 19.9. The van der Waals surface area contributed by atoms with Gasteiger partial charge in [0.25, 0.3) is 0 Å². The number of hydrogen-bond donors (Lipinski definition) is 0. The van der Waals surface area contributed by atoms with Gasteiger partial charge in [-0.3, -0.25) is 4.90 Å². The second-order valence-corrected chi connectivity index (χ2v) is 27.2. The molecule has 1 saturated carbocycles. The largest absolute Gasteiger partial charge is 0.298 e. The van der Waals surface area contributed by atoms with E-state index in [-0.39, 0.29) is 0 Å². The van der Waals surface area contributed by atoms with E-state index in [9.17, 15) is 0 Å². The highest BCUT2D eigenvalue weighted by Crippen LogP contribution is 2.50. The lowest BCUT2D eigenvalue weighted by Crippen LogP contribution is -2.45. The van der Waals surface area contributed by atoms with Crippen LogP contribution in [-0.4, -0.2) is 23.5 Å². The van der Waals surface area contributed by atoms with E-state index >= 15 is 0 Å². The molecule has 0 radical (unpaired) electrons.